The molecular formula is C38H58N6O7S. The summed E-state index contributed by atoms with van der Waals surface area (Å²) in [7, 11) is 3.65. The Hall–Kier alpha value is -4.04. The number of nitrogen functional groups attached to an aromatic ring is 1. The van der Waals surface area contributed by atoms with Crippen LogP contribution >= 0.6 is 11.3 Å². The number of piperidine rings is 1. The predicted molar refractivity (Wildman–Crippen MR) is 202 cm³/mol. The second-order valence-corrected chi connectivity index (χ2v) is 15.5. The molecule has 0 spiro atoms. The van der Waals surface area contributed by atoms with E-state index in [2.05, 4.69) is 15.6 Å². The SMILES string of the molecule is CC[C@H](C)[C@H](NC(=O)[C@H]1CCCCN1C)C(=O)N(C)[C@H](C[C@@H](OC(C)=O)c1nc(C(=O)N[C@@H](Cc2ccc(N)cc2)CC(C)C(=O)O)cs1)C(C)C. The van der Waals surface area contributed by atoms with Gasteiger partial charge in [0, 0.05) is 43.5 Å². The van der Waals surface area contributed by atoms with Crippen molar-refractivity contribution in [3.05, 3.63) is 45.9 Å². The number of likely N-dealkylation sites (tertiary alicyclic amines) is 1. The van der Waals surface area contributed by atoms with Gasteiger partial charge >= 0.3 is 11.9 Å². The lowest BCUT2D eigenvalue weighted by Crippen LogP contribution is -2.58. The Morgan fingerprint density at radius 2 is 1.75 bits per heavy atom. The zero-order valence-corrected chi connectivity index (χ0v) is 32.7. The number of carbonyl (C=O) groups excluding carboxylic acids is 4. The van der Waals surface area contributed by atoms with E-state index in [9.17, 15) is 29.1 Å². The summed E-state index contributed by atoms with van der Waals surface area (Å²) in [5.74, 6) is -3.22. The van der Waals surface area contributed by atoms with Crippen LogP contribution in [0.1, 0.15) is 107 Å². The largest absolute Gasteiger partial charge is 0.481 e. The average Bonchev–Trinajstić information content (AvgIpc) is 3.59. The van der Waals surface area contributed by atoms with Crippen molar-refractivity contribution < 1.29 is 33.8 Å². The second-order valence-electron chi connectivity index (χ2n) is 14.6. The summed E-state index contributed by atoms with van der Waals surface area (Å²) in [6.07, 6.45) is 3.40. The maximum Gasteiger partial charge on any atom is 0.306 e. The number of carboxylic acid groups (broad SMARTS) is 1. The highest BCUT2D eigenvalue weighted by atomic mass is 32.1. The summed E-state index contributed by atoms with van der Waals surface area (Å²) >= 11 is 1.17. The van der Waals surface area contributed by atoms with Gasteiger partial charge in [-0.05, 0) is 68.8 Å². The van der Waals surface area contributed by atoms with Crippen molar-refractivity contribution in [2.75, 3.05) is 26.4 Å². The third-order valence-corrected chi connectivity index (χ3v) is 11.1. The highest BCUT2D eigenvalue weighted by Crippen LogP contribution is 2.31. The molecule has 0 aliphatic carbocycles. The number of aromatic nitrogens is 1. The molecule has 2 heterocycles. The molecule has 1 aliphatic rings. The molecule has 1 unspecified atom stereocenters. The number of benzene rings is 1. The summed E-state index contributed by atoms with van der Waals surface area (Å²) in [6.45, 7) is 11.6. The molecule has 1 fully saturated rings. The fourth-order valence-corrected chi connectivity index (χ4v) is 7.52. The average molecular weight is 743 g/mol. The number of rotatable bonds is 18. The number of hydrogen-bond acceptors (Lipinski definition) is 10. The van der Waals surface area contributed by atoms with Crippen LogP contribution in [-0.2, 0) is 30.3 Å². The van der Waals surface area contributed by atoms with Gasteiger partial charge in [0.15, 0.2) is 6.10 Å². The van der Waals surface area contributed by atoms with Gasteiger partial charge in [0.05, 0.1) is 12.0 Å². The third-order valence-electron chi connectivity index (χ3n) is 10.1. The molecule has 7 atom stereocenters. The number of nitrogens with one attached hydrogen (secondary N) is 2. The van der Waals surface area contributed by atoms with Gasteiger partial charge in [-0.2, -0.15) is 0 Å². The van der Waals surface area contributed by atoms with E-state index in [1.54, 1.807) is 36.4 Å². The minimum atomic E-state index is -0.963. The number of carboxylic acids is 1. The summed E-state index contributed by atoms with van der Waals surface area (Å²) in [5.41, 5.74) is 7.42. The summed E-state index contributed by atoms with van der Waals surface area (Å²) in [6, 6.07) is 5.27. The van der Waals surface area contributed by atoms with Crippen LogP contribution in [0.25, 0.3) is 0 Å². The fourth-order valence-electron chi connectivity index (χ4n) is 6.68. The molecule has 0 saturated carbocycles. The standard InChI is InChI=1S/C38H58N6O7S/c1-9-23(4)33(42-35(47)30-12-10-11-17-43(30)7)37(48)44(8)31(22(2)3)20-32(51-25(6)45)36-41-29(21-52-36)34(46)40-28(18-24(5)38(49)50)19-26-13-15-27(39)16-14-26/h13-16,21-24,28,30-33H,9-12,17-20,39H2,1-8H3,(H,40,46)(H,42,47)(H,49,50)/t23-,24?,28+,30+,31+,32+,33-/m0/s1. The van der Waals surface area contributed by atoms with Crippen LogP contribution in [0.5, 0.6) is 0 Å². The minimum absolute atomic E-state index is 0.0576. The molecule has 288 valence electrons. The van der Waals surface area contributed by atoms with E-state index < -0.39 is 48.0 Å². The molecule has 1 aliphatic heterocycles. The molecule has 0 radical (unpaired) electrons. The number of anilines is 1. The molecule has 2 aromatic rings. The van der Waals surface area contributed by atoms with Crippen LogP contribution in [0.3, 0.4) is 0 Å². The monoisotopic (exact) mass is 742 g/mol. The Balaban J connectivity index is 1.81. The van der Waals surface area contributed by atoms with Crippen LogP contribution in [0, 0.1) is 17.8 Å². The Labute approximate surface area is 312 Å². The van der Waals surface area contributed by atoms with E-state index in [0.717, 1.165) is 31.4 Å². The Morgan fingerprint density at radius 1 is 1.08 bits per heavy atom. The zero-order valence-electron chi connectivity index (χ0n) is 31.9. The Morgan fingerprint density at radius 3 is 2.33 bits per heavy atom. The van der Waals surface area contributed by atoms with Crippen LogP contribution < -0.4 is 16.4 Å². The van der Waals surface area contributed by atoms with Crippen molar-refractivity contribution in [1.82, 2.24) is 25.4 Å². The van der Waals surface area contributed by atoms with Crippen molar-refractivity contribution in [1.29, 1.82) is 0 Å². The molecule has 3 rings (SSSR count). The van der Waals surface area contributed by atoms with Gasteiger partial charge in [0.25, 0.3) is 5.91 Å². The van der Waals surface area contributed by atoms with E-state index >= 15 is 0 Å². The number of aliphatic carboxylic acids is 1. The van der Waals surface area contributed by atoms with Gasteiger partial charge in [-0.1, -0.05) is 59.6 Å². The van der Waals surface area contributed by atoms with Crippen LogP contribution in [-0.4, -0.2) is 94.4 Å². The van der Waals surface area contributed by atoms with Crippen LogP contribution in [0.15, 0.2) is 29.6 Å². The molecule has 3 amide bonds. The van der Waals surface area contributed by atoms with Gasteiger partial charge in [0.2, 0.25) is 11.8 Å². The number of thiazole rings is 1. The van der Waals surface area contributed by atoms with Gasteiger partial charge < -0.3 is 31.1 Å². The van der Waals surface area contributed by atoms with Crippen LogP contribution in [0.4, 0.5) is 5.69 Å². The topological polar surface area (TPSA) is 184 Å². The molecule has 52 heavy (non-hydrogen) atoms. The van der Waals surface area contributed by atoms with E-state index in [4.69, 9.17) is 10.5 Å². The smallest absolute Gasteiger partial charge is 0.306 e. The van der Waals surface area contributed by atoms with Crippen molar-refractivity contribution in [3.8, 4) is 0 Å². The zero-order chi connectivity index (χ0) is 38.7. The summed E-state index contributed by atoms with van der Waals surface area (Å²) < 4.78 is 5.76. The number of nitrogens with two attached hydrogens (primary N) is 1. The lowest BCUT2D eigenvalue weighted by molar-refractivity contribution is -0.149. The van der Waals surface area contributed by atoms with Crippen molar-refractivity contribution in [2.45, 2.75) is 117 Å². The van der Waals surface area contributed by atoms with Crippen LogP contribution in [0.2, 0.25) is 0 Å². The molecule has 1 aromatic heterocycles. The van der Waals surface area contributed by atoms with E-state index in [1.165, 1.54) is 18.3 Å². The van der Waals surface area contributed by atoms with E-state index in [-0.39, 0.29) is 48.2 Å². The third kappa shape index (κ3) is 12.0. The van der Waals surface area contributed by atoms with Gasteiger partial charge in [-0.25, -0.2) is 4.98 Å². The number of esters is 1. The lowest BCUT2D eigenvalue weighted by atomic mass is 9.92. The first-order valence-corrected chi connectivity index (χ1v) is 19.2. The van der Waals surface area contributed by atoms with Crippen molar-refractivity contribution in [3.63, 3.8) is 0 Å². The van der Waals surface area contributed by atoms with Crippen molar-refractivity contribution >= 4 is 46.7 Å². The number of amides is 3. The van der Waals surface area contributed by atoms with E-state index in [1.807, 2.05) is 51.8 Å². The first-order valence-electron chi connectivity index (χ1n) is 18.3. The summed E-state index contributed by atoms with van der Waals surface area (Å²) in [4.78, 5) is 73.3. The molecular weight excluding hydrogens is 685 g/mol. The number of likely N-dealkylation sites (N-methyl/N-ethyl adjacent to an activating group) is 2. The molecule has 13 nitrogen and oxygen atoms in total. The normalized spacial score (nSPS) is 18.4. The summed E-state index contributed by atoms with van der Waals surface area (Å²) in [5, 5.41) is 17.6. The predicted octanol–water partition coefficient (Wildman–Crippen LogP) is 4.67. The Bertz CT molecular complexity index is 1520. The molecule has 5 N–H and O–H groups in total. The van der Waals surface area contributed by atoms with Gasteiger partial charge in [0.1, 0.15) is 16.7 Å². The van der Waals surface area contributed by atoms with E-state index in [0.29, 0.717) is 23.5 Å². The molecule has 0 bridgehead atoms. The first kappa shape index (κ1) is 42.4. The molecule has 1 aromatic carbocycles. The molecule has 14 heteroatoms. The maximum atomic E-state index is 14.2. The minimum Gasteiger partial charge on any atom is -0.481 e. The molecule has 1 saturated heterocycles. The number of ether oxygens (including phenoxy) is 1. The second kappa shape index (κ2) is 19.7. The number of hydrogen-bond donors (Lipinski definition) is 4. The van der Waals surface area contributed by atoms with Gasteiger partial charge in [-0.3, -0.25) is 28.9 Å². The highest BCUT2D eigenvalue weighted by molar-refractivity contribution is 7.09. The highest BCUT2D eigenvalue weighted by Gasteiger charge is 2.37. The lowest BCUT2D eigenvalue weighted by Gasteiger charge is -2.38. The van der Waals surface area contributed by atoms with Gasteiger partial charge in [-0.15, -0.1) is 11.3 Å². The number of carbonyl (C=O) groups is 5. The fraction of sp³-hybridized carbons (Fsp3) is 0.632. The Kier molecular flexibility index (Phi) is 16.1. The maximum absolute atomic E-state index is 14.2. The quantitative estimate of drug-likeness (QED) is 0.124. The first-order chi connectivity index (χ1) is 24.5. The number of nitrogens with zero attached hydrogens (tertiary/aromatic N) is 3. The van der Waals surface area contributed by atoms with Crippen molar-refractivity contribution in [2.24, 2.45) is 17.8 Å².